The number of para-hydroxylation sites is 1. The van der Waals surface area contributed by atoms with E-state index in [1.165, 1.54) is 24.3 Å². The first-order chi connectivity index (χ1) is 18.8. The lowest BCUT2D eigenvalue weighted by atomic mass is 10.2. The van der Waals surface area contributed by atoms with Gasteiger partial charge in [0.15, 0.2) is 5.13 Å². The Kier molecular flexibility index (Phi) is 7.96. The number of benzene rings is 3. The number of thiazole rings is 1. The molecular formula is C27H28FN5O4S2. The van der Waals surface area contributed by atoms with Gasteiger partial charge in [-0.3, -0.25) is 14.4 Å². The van der Waals surface area contributed by atoms with E-state index >= 15 is 0 Å². The number of nitrogens with one attached hydrogen (secondary N) is 2. The molecule has 1 saturated heterocycles. The topological polar surface area (TPSA) is 104 Å². The summed E-state index contributed by atoms with van der Waals surface area (Å²) in [5.41, 5.74) is 1.62. The number of halogens is 1. The maximum atomic E-state index is 13.1. The normalized spacial score (nSPS) is 14.4. The lowest BCUT2D eigenvalue weighted by Crippen LogP contribution is -2.48. The summed E-state index contributed by atoms with van der Waals surface area (Å²) < 4.78 is 47.0. The Morgan fingerprint density at radius 1 is 1.03 bits per heavy atom. The third-order valence-corrected chi connectivity index (χ3v) is 8.95. The Labute approximate surface area is 230 Å². The Hall–Kier alpha value is -3.74. The van der Waals surface area contributed by atoms with E-state index in [4.69, 9.17) is 9.72 Å². The number of rotatable bonds is 9. The van der Waals surface area contributed by atoms with E-state index < -0.39 is 15.8 Å². The van der Waals surface area contributed by atoms with Crippen LogP contribution in [0.1, 0.15) is 10.4 Å². The molecule has 1 aliphatic rings. The number of sulfonamides is 1. The summed E-state index contributed by atoms with van der Waals surface area (Å²) in [6.45, 7) is 4.66. The molecular weight excluding hydrogens is 541 g/mol. The lowest BCUT2D eigenvalue weighted by molar-refractivity contribution is 0.0948. The molecule has 1 aromatic heterocycles. The molecule has 0 saturated carbocycles. The molecule has 2 N–H and O–H groups in total. The highest BCUT2D eigenvalue weighted by Crippen LogP contribution is 2.34. The molecule has 4 aromatic rings. The van der Waals surface area contributed by atoms with Crippen molar-refractivity contribution in [2.45, 2.75) is 4.90 Å². The standard InChI is InChI=1S/C27H28FN5O4S2/c1-37-23-3-2-4-24-25(23)30-27(38-24)33-17-15-32(16-18-33)14-13-29-26(34)19-5-9-21(10-6-19)31-39(35,36)22-11-7-20(28)8-12-22/h2-12,31H,13-18H2,1H3,(H,29,34). The number of carbonyl (C=O) groups excluding carboxylic acids is 1. The Balaban J connectivity index is 1.08. The van der Waals surface area contributed by atoms with Crippen molar-refractivity contribution in [1.29, 1.82) is 0 Å². The number of methoxy groups -OCH3 is 1. The summed E-state index contributed by atoms with van der Waals surface area (Å²) in [5, 5.41) is 3.92. The monoisotopic (exact) mass is 569 g/mol. The lowest BCUT2D eigenvalue weighted by Gasteiger charge is -2.34. The van der Waals surface area contributed by atoms with E-state index in [1.807, 2.05) is 12.1 Å². The minimum absolute atomic E-state index is 0.0492. The van der Waals surface area contributed by atoms with E-state index in [1.54, 1.807) is 30.6 Å². The number of piperazine rings is 1. The smallest absolute Gasteiger partial charge is 0.261 e. The van der Waals surface area contributed by atoms with Crippen LogP contribution in [0, 0.1) is 5.82 Å². The first-order valence-corrected chi connectivity index (χ1v) is 14.7. The predicted octanol–water partition coefficient (Wildman–Crippen LogP) is 3.80. The number of fused-ring (bicyclic) bond motifs is 1. The molecule has 5 rings (SSSR count). The minimum atomic E-state index is -3.86. The average molecular weight is 570 g/mol. The molecule has 3 aromatic carbocycles. The minimum Gasteiger partial charge on any atom is -0.494 e. The van der Waals surface area contributed by atoms with Crippen LogP contribution in [0.4, 0.5) is 15.2 Å². The molecule has 39 heavy (non-hydrogen) atoms. The van der Waals surface area contributed by atoms with Crippen LogP contribution in [0.15, 0.2) is 71.6 Å². The van der Waals surface area contributed by atoms with Gasteiger partial charge in [0.2, 0.25) is 0 Å². The number of carbonyl (C=O) groups is 1. The largest absolute Gasteiger partial charge is 0.494 e. The molecule has 1 fully saturated rings. The van der Waals surface area contributed by atoms with Gasteiger partial charge in [-0.1, -0.05) is 17.4 Å². The molecule has 1 aliphatic heterocycles. The van der Waals surface area contributed by atoms with Crippen LogP contribution >= 0.6 is 11.3 Å². The van der Waals surface area contributed by atoms with Gasteiger partial charge in [0.05, 0.1) is 16.7 Å². The van der Waals surface area contributed by atoms with Crippen LogP contribution in [-0.2, 0) is 10.0 Å². The summed E-state index contributed by atoms with van der Waals surface area (Å²) in [6.07, 6.45) is 0. The van der Waals surface area contributed by atoms with Crippen molar-refractivity contribution in [3.8, 4) is 5.75 Å². The Bertz CT molecular complexity index is 1550. The van der Waals surface area contributed by atoms with E-state index in [0.717, 1.165) is 66.0 Å². The number of hydrogen-bond donors (Lipinski definition) is 2. The first kappa shape index (κ1) is 26.9. The van der Waals surface area contributed by atoms with E-state index in [0.29, 0.717) is 17.8 Å². The molecule has 0 atom stereocenters. The van der Waals surface area contributed by atoms with Crippen molar-refractivity contribution in [3.05, 3.63) is 78.1 Å². The number of ether oxygens (including phenoxy) is 1. The van der Waals surface area contributed by atoms with Crippen LogP contribution in [0.5, 0.6) is 5.75 Å². The average Bonchev–Trinajstić information content (AvgIpc) is 3.38. The van der Waals surface area contributed by atoms with Crippen molar-refractivity contribution in [2.75, 3.05) is 56.0 Å². The van der Waals surface area contributed by atoms with Crippen LogP contribution in [0.25, 0.3) is 10.2 Å². The highest BCUT2D eigenvalue weighted by Gasteiger charge is 2.21. The maximum absolute atomic E-state index is 13.1. The zero-order valence-corrected chi connectivity index (χ0v) is 22.9. The highest BCUT2D eigenvalue weighted by atomic mass is 32.2. The van der Waals surface area contributed by atoms with Gasteiger partial charge in [0.1, 0.15) is 17.1 Å². The van der Waals surface area contributed by atoms with Gasteiger partial charge in [-0.15, -0.1) is 0 Å². The summed E-state index contributed by atoms with van der Waals surface area (Å²) >= 11 is 1.66. The number of aromatic nitrogens is 1. The highest BCUT2D eigenvalue weighted by molar-refractivity contribution is 7.92. The van der Waals surface area contributed by atoms with E-state index in [-0.39, 0.29) is 10.8 Å². The van der Waals surface area contributed by atoms with Gasteiger partial charge in [-0.05, 0) is 60.7 Å². The number of nitrogens with zero attached hydrogens (tertiary/aromatic N) is 3. The molecule has 204 valence electrons. The Morgan fingerprint density at radius 2 is 1.74 bits per heavy atom. The van der Waals surface area contributed by atoms with Crippen molar-refractivity contribution < 1.29 is 22.3 Å². The first-order valence-electron chi connectivity index (χ1n) is 12.4. The predicted molar refractivity (Wildman–Crippen MR) is 151 cm³/mol. The quantitative estimate of drug-likeness (QED) is 0.316. The van der Waals surface area contributed by atoms with Crippen molar-refractivity contribution in [1.82, 2.24) is 15.2 Å². The van der Waals surface area contributed by atoms with E-state index in [2.05, 4.69) is 25.9 Å². The molecule has 0 bridgehead atoms. The second kappa shape index (κ2) is 11.6. The van der Waals surface area contributed by atoms with Crippen molar-refractivity contribution >= 4 is 48.3 Å². The maximum Gasteiger partial charge on any atom is 0.261 e. The molecule has 12 heteroatoms. The molecule has 0 radical (unpaired) electrons. The molecule has 0 unspecified atom stereocenters. The van der Waals surface area contributed by atoms with Crippen LogP contribution in [-0.4, -0.2) is 70.6 Å². The molecule has 1 amide bonds. The molecule has 0 aliphatic carbocycles. The number of anilines is 2. The fourth-order valence-corrected chi connectivity index (χ4v) is 6.41. The zero-order chi connectivity index (χ0) is 27.4. The second-order valence-corrected chi connectivity index (χ2v) is 11.7. The molecule has 0 spiro atoms. The Morgan fingerprint density at radius 3 is 2.44 bits per heavy atom. The van der Waals surface area contributed by atoms with Crippen LogP contribution in [0.2, 0.25) is 0 Å². The molecule has 9 nitrogen and oxygen atoms in total. The molecule has 2 heterocycles. The van der Waals surface area contributed by atoms with E-state index in [9.17, 15) is 17.6 Å². The third kappa shape index (κ3) is 6.29. The number of hydrogen-bond acceptors (Lipinski definition) is 8. The van der Waals surface area contributed by atoms with Gasteiger partial charge in [-0.25, -0.2) is 17.8 Å². The van der Waals surface area contributed by atoms with Gasteiger partial charge in [0.25, 0.3) is 15.9 Å². The van der Waals surface area contributed by atoms with Crippen LogP contribution < -0.4 is 19.7 Å². The van der Waals surface area contributed by atoms with Crippen LogP contribution in [0.3, 0.4) is 0 Å². The van der Waals surface area contributed by atoms with Gasteiger partial charge >= 0.3 is 0 Å². The third-order valence-electron chi connectivity index (χ3n) is 6.47. The summed E-state index contributed by atoms with van der Waals surface area (Å²) in [5.74, 6) is 0.0349. The van der Waals surface area contributed by atoms with Gasteiger partial charge < -0.3 is 15.0 Å². The SMILES string of the molecule is COc1cccc2sc(N3CCN(CCNC(=O)c4ccc(NS(=O)(=O)c5ccc(F)cc5)cc4)CC3)nc12. The summed E-state index contributed by atoms with van der Waals surface area (Å²) in [4.78, 5) is 21.9. The second-order valence-electron chi connectivity index (χ2n) is 9.02. The fourth-order valence-electron chi connectivity index (χ4n) is 4.32. The zero-order valence-electron chi connectivity index (χ0n) is 21.3. The summed E-state index contributed by atoms with van der Waals surface area (Å²) in [7, 11) is -2.20. The van der Waals surface area contributed by atoms with Crippen molar-refractivity contribution in [3.63, 3.8) is 0 Å². The van der Waals surface area contributed by atoms with Crippen molar-refractivity contribution in [2.24, 2.45) is 0 Å². The van der Waals surface area contributed by atoms with Gasteiger partial charge in [0, 0.05) is 50.5 Å². The fraction of sp³-hybridized carbons (Fsp3) is 0.259. The number of amides is 1. The summed E-state index contributed by atoms with van der Waals surface area (Å²) in [6, 6.07) is 16.7. The van der Waals surface area contributed by atoms with Gasteiger partial charge in [-0.2, -0.15) is 0 Å².